The lowest BCUT2D eigenvalue weighted by atomic mass is 10.1. The Morgan fingerprint density at radius 2 is 1.91 bits per heavy atom. The molecule has 1 heterocycles. The summed E-state index contributed by atoms with van der Waals surface area (Å²) < 4.78 is 27.0. The summed E-state index contributed by atoms with van der Waals surface area (Å²) in [5, 5.41) is 0. The van der Waals surface area contributed by atoms with Crippen LogP contribution in [0.1, 0.15) is 33.6 Å². The summed E-state index contributed by atoms with van der Waals surface area (Å²) in [6.45, 7) is 0.164. The molecule has 1 aliphatic carbocycles. The topological polar surface area (TPSA) is 110 Å². The average Bonchev–Trinajstić information content (AvgIpc) is 3.31. The molecule has 3 rings (SSSR count). The predicted octanol–water partition coefficient (Wildman–Crippen LogP) is -0.0720. The van der Waals surface area contributed by atoms with Crippen LogP contribution >= 0.6 is 0 Å². The van der Waals surface area contributed by atoms with Crippen LogP contribution in [0.4, 0.5) is 0 Å². The Labute approximate surface area is 128 Å². The Kier molecular flexibility index (Phi) is 3.54. The quantitative estimate of drug-likeness (QED) is 0.737. The van der Waals surface area contributed by atoms with E-state index in [-0.39, 0.29) is 28.6 Å². The Balaban J connectivity index is 1.83. The van der Waals surface area contributed by atoms with Crippen molar-refractivity contribution in [2.24, 2.45) is 11.7 Å². The van der Waals surface area contributed by atoms with Gasteiger partial charge in [0.05, 0.1) is 16.0 Å². The van der Waals surface area contributed by atoms with Gasteiger partial charge in [0, 0.05) is 19.6 Å². The molecule has 1 fully saturated rings. The minimum absolute atomic E-state index is 0.0364. The first-order chi connectivity index (χ1) is 10.3. The van der Waals surface area contributed by atoms with Gasteiger partial charge in [-0.15, -0.1) is 0 Å². The van der Waals surface area contributed by atoms with Gasteiger partial charge in [0.25, 0.3) is 11.8 Å². The fourth-order valence-corrected chi connectivity index (χ4v) is 3.59. The number of nitrogens with one attached hydrogen (secondary N) is 1. The van der Waals surface area contributed by atoms with Crippen molar-refractivity contribution in [1.29, 1.82) is 0 Å². The molecular formula is C14H17N3O4S. The molecule has 3 N–H and O–H groups in total. The van der Waals surface area contributed by atoms with E-state index < -0.39 is 21.8 Å². The zero-order valence-corrected chi connectivity index (χ0v) is 12.9. The highest BCUT2D eigenvalue weighted by atomic mass is 32.2. The molecule has 22 heavy (non-hydrogen) atoms. The Bertz CT molecular complexity index is 755. The number of rotatable bonds is 5. The summed E-state index contributed by atoms with van der Waals surface area (Å²) in [6.07, 6.45) is 2.06. The second-order valence-electron chi connectivity index (χ2n) is 5.73. The molecule has 1 aliphatic heterocycles. The van der Waals surface area contributed by atoms with Crippen molar-refractivity contribution in [3.8, 4) is 0 Å². The van der Waals surface area contributed by atoms with Crippen molar-refractivity contribution >= 4 is 21.8 Å². The minimum Gasteiger partial charge on any atom is -0.326 e. The number of benzene rings is 1. The monoisotopic (exact) mass is 323 g/mol. The molecule has 0 aromatic heterocycles. The molecule has 118 valence electrons. The van der Waals surface area contributed by atoms with Crippen LogP contribution < -0.4 is 10.5 Å². The van der Waals surface area contributed by atoms with Gasteiger partial charge in [-0.1, -0.05) is 0 Å². The molecule has 7 nitrogen and oxygen atoms in total. The first-order valence-electron chi connectivity index (χ1n) is 7.03. The second kappa shape index (κ2) is 5.15. The molecule has 0 bridgehead atoms. The van der Waals surface area contributed by atoms with Gasteiger partial charge in [-0.25, -0.2) is 13.1 Å². The van der Waals surface area contributed by atoms with Crippen molar-refractivity contribution in [2.45, 2.75) is 23.8 Å². The fourth-order valence-electron chi connectivity index (χ4n) is 2.49. The van der Waals surface area contributed by atoms with E-state index in [1.165, 1.54) is 25.2 Å². The number of hydrogen-bond donors (Lipinski definition) is 2. The normalized spacial score (nSPS) is 19.5. The lowest BCUT2D eigenvalue weighted by Gasteiger charge is -2.12. The number of hydrogen-bond acceptors (Lipinski definition) is 5. The molecule has 1 aromatic rings. The van der Waals surface area contributed by atoms with Crippen LogP contribution in [0.25, 0.3) is 0 Å². The molecule has 2 amide bonds. The number of imide groups is 1. The zero-order chi connectivity index (χ0) is 16.1. The largest absolute Gasteiger partial charge is 0.326 e. The number of amides is 2. The number of nitrogens with two attached hydrogens (primary N) is 1. The van der Waals surface area contributed by atoms with Crippen LogP contribution in [0.15, 0.2) is 23.1 Å². The van der Waals surface area contributed by atoms with E-state index in [1.807, 2.05) is 0 Å². The van der Waals surface area contributed by atoms with Crippen molar-refractivity contribution in [3.05, 3.63) is 29.3 Å². The van der Waals surface area contributed by atoms with Crippen molar-refractivity contribution in [3.63, 3.8) is 0 Å². The highest BCUT2D eigenvalue weighted by molar-refractivity contribution is 7.89. The Morgan fingerprint density at radius 1 is 1.27 bits per heavy atom. The van der Waals surface area contributed by atoms with E-state index >= 15 is 0 Å². The van der Waals surface area contributed by atoms with Gasteiger partial charge >= 0.3 is 0 Å². The number of carbonyl (C=O) groups excluding carboxylic acids is 2. The smallest absolute Gasteiger partial charge is 0.261 e. The third kappa shape index (κ3) is 2.53. The van der Waals surface area contributed by atoms with E-state index in [1.54, 1.807) is 0 Å². The molecular weight excluding hydrogens is 306 g/mol. The van der Waals surface area contributed by atoms with Crippen LogP contribution in [0.5, 0.6) is 0 Å². The van der Waals surface area contributed by atoms with Crippen LogP contribution in [0.3, 0.4) is 0 Å². The van der Waals surface area contributed by atoms with Crippen LogP contribution in [0.2, 0.25) is 0 Å². The molecule has 1 saturated carbocycles. The highest BCUT2D eigenvalue weighted by Gasteiger charge is 2.34. The maximum Gasteiger partial charge on any atom is 0.261 e. The van der Waals surface area contributed by atoms with Crippen LogP contribution in [-0.4, -0.2) is 44.8 Å². The summed E-state index contributed by atoms with van der Waals surface area (Å²) in [5.41, 5.74) is 6.22. The summed E-state index contributed by atoms with van der Waals surface area (Å²) in [6, 6.07) is 3.74. The summed E-state index contributed by atoms with van der Waals surface area (Å²) >= 11 is 0. The predicted molar refractivity (Wildman–Crippen MR) is 78.8 cm³/mol. The van der Waals surface area contributed by atoms with Crippen LogP contribution in [0, 0.1) is 5.92 Å². The van der Waals surface area contributed by atoms with Crippen LogP contribution in [-0.2, 0) is 10.0 Å². The Hall–Kier alpha value is -1.77. The minimum atomic E-state index is -3.75. The fraction of sp³-hybridized carbons (Fsp3) is 0.429. The van der Waals surface area contributed by atoms with E-state index in [0.717, 1.165) is 17.7 Å². The molecule has 0 spiro atoms. The molecule has 1 atom stereocenters. The summed E-state index contributed by atoms with van der Waals surface area (Å²) in [7, 11) is -2.39. The number of sulfonamides is 1. The second-order valence-corrected chi connectivity index (χ2v) is 7.50. The van der Waals surface area contributed by atoms with Gasteiger partial charge in [-0.05, 0) is 37.0 Å². The number of carbonyl (C=O) groups is 2. The first-order valence-corrected chi connectivity index (χ1v) is 8.51. The van der Waals surface area contributed by atoms with Gasteiger partial charge < -0.3 is 5.73 Å². The van der Waals surface area contributed by atoms with Crippen molar-refractivity contribution < 1.29 is 18.0 Å². The summed E-state index contributed by atoms with van der Waals surface area (Å²) in [4.78, 5) is 24.6. The van der Waals surface area contributed by atoms with E-state index in [2.05, 4.69) is 4.72 Å². The maximum absolute atomic E-state index is 12.3. The molecule has 8 heteroatoms. The molecule has 2 aliphatic rings. The standard InChI is InChI=1S/C14H17N3O4S/c1-17-13(18)10-5-4-9(6-11(10)14(17)19)22(20,21)16-7-12(15)8-2-3-8/h4-6,8,12,16H,2-3,7,15H2,1H3. The molecule has 1 aromatic carbocycles. The molecule has 1 unspecified atom stereocenters. The van der Waals surface area contributed by atoms with Crippen molar-refractivity contribution in [2.75, 3.05) is 13.6 Å². The van der Waals surface area contributed by atoms with E-state index in [9.17, 15) is 18.0 Å². The number of nitrogens with zero attached hydrogens (tertiary/aromatic N) is 1. The van der Waals surface area contributed by atoms with Gasteiger partial charge in [0.15, 0.2) is 0 Å². The van der Waals surface area contributed by atoms with Gasteiger partial charge in [0.1, 0.15) is 0 Å². The van der Waals surface area contributed by atoms with E-state index in [4.69, 9.17) is 5.73 Å². The van der Waals surface area contributed by atoms with Crippen molar-refractivity contribution in [1.82, 2.24) is 9.62 Å². The maximum atomic E-state index is 12.3. The number of fused-ring (bicyclic) bond motifs is 1. The lowest BCUT2D eigenvalue weighted by molar-refractivity contribution is 0.0693. The van der Waals surface area contributed by atoms with Gasteiger partial charge in [0.2, 0.25) is 10.0 Å². The molecule has 0 radical (unpaired) electrons. The third-order valence-corrected chi connectivity index (χ3v) is 5.53. The van der Waals surface area contributed by atoms with E-state index in [0.29, 0.717) is 5.92 Å². The van der Waals surface area contributed by atoms with Gasteiger partial charge in [-0.2, -0.15) is 0 Å². The van der Waals surface area contributed by atoms with Gasteiger partial charge in [-0.3, -0.25) is 14.5 Å². The lowest BCUT2D eigenvalue weighted by Crippen LogP contribution is -2.38. The first kappa shape index (κ1) is 15.1. The average molecular weight is 323 g/mol. The Morgan fingerprint density at radius 3 is 2.55 bits per heavy atom. The summed E-state index contributed by atoms with van der Waals surface area (Å²) in [5.74, 6) is -0.532. The third-order valence-electron chi connectivity index (χ3n) is 4.11. The molecule has 0 saturated heterocycles. The SMILES string of the molecule is CN1C(=O)c2ccc(S(=O)(=O)NCC(N)C3CC3)cc2C1=O. The highest BCUT2D eigenvalue weighted by Crippen LogP contribution is 2.31. The zero-order valence-electron chi connectivity index (χ0n) is 12.1.